The zero-order valence-electron chi connectivity index (χ0n) is 10.3. The number of hydrogen-bond acceptors (Lipinski definition) is 6. The SMILES string of the molecule is O=C1OC(=O)[C@@H]2CCC[C@@H]3C(=O)OC(=O)[C@@H]3CCC12. The van der Waals surface area contributed by atoms with Gasteiger partial charge in [-0.2, -0.15) is 0 Å². The van der Waals surface area contributed by atoms with Crippen LogP contribution in [0.5, 0.6) is 0 Å². The lowest BCUT2D eigenvalue weighted by molar-refractivity contribution is -0.156. The van der Waals surface area contributed by atoms with Gasteiger partial charge in [-0.15, -0.1) is 0 Å². The molecule has 19 heavy (non-hydrogen) atoms. The van der Waals surface area contributed by atoms with Gasteiger partial charge in [0.15, 0.2) is 0 Å². The monoisotopic (exact) mass is 266 g/mol. The molecule has 0 N–H and O–H groups in total. The molecule has 3 aliphatic rings. The van der Waals surface area contributed by atoms with E-state index in [0.29, 0.717) is 32.1 Å². The zero-order valence-corrected chi connectivity index (χ0v) is 10.3. The van der Waals surface area contributed by atoms with Gasteiger partial charge in [0, 0.05) is 0 Å². The Balaban J connectivity index is 1.81. The van der Waals surface area contributed by atoms with Crippen molar-refractivity contribution in [1.82, 2.24) is 0 Å². The minimum Gasteiger partial charge on any atom is -0.393 e. The van der Waals surface area contributed by atoms with Crippen LogP contribution >= 0.6 is 0 Å². The van der Waals surface area contributed by atoms with E-state index in [-0.39, 0.29) is 0 Å². The molecule has 0 aromatic carbocycles. The number of cyclic esters (lactones) is 4. The molecule has 4 atom stereocenters. The first-order valence-electron chi connectivity index (χ1n) is 6.59. The molecule has 1 unspecified atom stereocenters. The van der Waals surface area contributed by atoms with Crippen LogP contribution in [0.25, 0.3) is 0 Å². The van der Waals surface area contributed by atoms with E-state index in [2.05, 4.69) is 9.47 Å². The van der Waals surface area contributed by atoms with Crippen LogP contribution < -0.4 is 0 Å². The van der Waals surface area contributed by atoms with Gasteiger partial charge in [-0.1, -0.05) is 6.42 Å². The van der Waals surface area contributed by atoms with Crippen molar-refractivity contribution < 1.29 is 28.7 Å². The summed E-state index contributed by atoms with van der Waals surface area (Å²) in [4.78, 5) is 46.4. The van der Waals surface area contributed by atoms with E-state index in [0.717, 1.165) is 0 Å². The largest absolute Gasteiger partial charge is 0.393 e. The Bertz CT molecular complexity index is 426. The normalized spacial score (nSPS) is 38.7. The highest BCUT2D eigenvalue weighted by Gasteiger charge is 2.49. The number of carbonyl (C=O) groups is 4. The molecular weight excluding hydrogens is 252 g/mol. The van der Waals surface area contributed by atoms with Gasteiger partial charge in [-0.3, -0.25) is 19.2 Å². The van der Waals surface area contributed by atoms with Gasteiger partial charge in [-0.05, 0) is 25.7 Å². The first-order chi connectivity index (χ1) is 9.08. The quantitative estimate of drug-likeness (QED) is 0.471. The van der Waals surface area contributed by atoms with E-state index in [9.17, 15) is 19.2 Å². The molecule has 0 spiro atoms. The van der Waals surface area contributed by atoms with Crippen molar-refractivity contribution in [3.8, 4) is 0 Å². The number of hydrogen-bond donors (Lipinski definition) is 0. The maximum Gasteiger partial charge on any atom is 0.317 e. The highest BCUT2D eigenvalue weighted by atomic mass is 16.6. The molecule has 1 aliphatic carbocycles. The lowest BCUT2D eigenvalue weighted by Gasteiger charge is -2.12. The van der Waals surface area contributed by atoms with Crippen molar-refractivity contribution in [2.45, 2.75) is 32.1 Å². The molecule has 2 saturated heterocycles. The van der Waals surface area contributed by atoms with Gasteiger partial charge in [0.1, 0.15) is 0 Å². The number of esters is 4. The van der Waals surface area contributed by atoms with Crippen LogP contribution in [-0.4, -0.2) is 23.9 Å². The second kappa shape index (κ2) is 4.43. The third-order valence-corrected chi connectivity index (χ3v) is 4.40. The molecule has 0 radical (unpaired) electrons. The van der Waals surface area contributed by atoms with Crippen LogP contribution in [0.15, 0.2) is 0 Å². The molecule has 0 aromatic rings. The highest BCUT2D eigenvalue weighted by Crippen LogP contribution is 2.40. The summed E-state index contributed by atoms with van der Waals surface area (Å²) in [5.74, 6) is -3.65. The van der Waals surface area contributed by atoms with Gasteiger partial charge in [0.2, 0.25) is 0 Å². The van der Waals surface area contributed by atoms with Crippen molar-refractivity contribution in [2.24, 2.45) is 23.7 Å². The fourth-order valence-electron chi connectivity index (χ4n) is 3.35. The maximum absolute atomic E-state index is 11.6. The lowest BCUT2D eigenvalue weighted by atomic mass is 9.85. The Morgan fingerprint density at radius 3 is 1.26 bits per heavy atom. The Hall–Kier alpha value is -1.72. The van der Waals surface area contributed by atoms with Crippen LogP contribution in [0.1, 0.15) is 32.1 Å². The van der Waals surface area contributed by atoms with Crippen molar-refractivity contribution >= 4 is 23.9 Å². The number of ether oxygens (including phenoxy) is 2. The van der Waals surface area contributed by atoms with Gasteiger partial charge < -0.3 is 9.47 Å². The summed E-state index contributed by atoms with van der Waals surface area (Å²) in [6, 6.07) is 0. The Labute approximate surface area is 109 Å². The highest BCUT2D eigenvalue weighted by molar-refractivity contribution is 5.97. The van der Waals surface area contributed by atoms with E-state index in [1.54, 1.807) is 0 Å². The second-order valence-corrected chi connectivity index (χ2v) is 5.41. The molecular formula is C13H14O6. The first kappa shape index (κ1) is 12.3. The van der Waals surface area contributed by atoms with E-state index >= 15 is 0 Å². The fraction of sp³-hybridized carbons (Fsp3) is 0.692. The van der Waals surface area contributed by atoms with Gasteiger partial charge in [0.05, 0.1) is 23.7 Å². The Kier molecular flexibility index (Phi) is 2.88. The molecule has 102 valence electrons. The molecule has 3 fully saturated rings. The third-order valence-electron chi connectivity index (χ3n) is 4.40. The van der Waals surface area contributed by atoms with Crippen molar-refractivity contribution in [2.75, 3.05) is 0 Å². The van der Waals surface area contributed by atoms with Crippen LogP contribution in [0.2, 0.25) is 0 Å². The summed E-state index contributed by atoms with van der Waals surface area (Å²) >= 11 is 0. The third kappa shape index (κ3) is 1.95. The van der Waals surface area contributed by atoms with E-state index in [1.165, 1.54) is 0 Å². The zero-order chi connectivity index (χ0) is 13.6. The van der Waals surface area contributed by atoms with Crippen molar-refractivity contribution in [3.05, 3.63) is 0 Å². The maximum atomic E-state index is 11.6. The molecule has 0 amide bonds. The standard InChI is InChI=1S/C13H14O6/c14-10-6-2-1-3-7-9(13(17)19-11(7)15)5-4-8(6)12(16)18-10/h6-9H,1-5H2/t6-,7+,8+,9?/m0/s1. The van der Waals surface area contributed by atoms with Crippen molar-refractivity contribution in [3.63, 3.8) is 0 Å². The Morgan fingerprint density at radius 2 is 0.895 bits per heavy atom. The molecule has 2 aliphatic heterocycles. The number of carbonyl (C=O) groups excluding carboxylic acids is 4. The molecule has 0 aromatic heterocycles. The lowest BCUT2D eigenvalue weighted by Crippen LogP contribution is -2.20. The topological polar surface area (TPSA) is 86.7 Å². The molecule has 1 saturated carbocycles. The smallest absolute Gasteiger partial charge is 0.317 e. The predicted octanol–water partition coefficient (Wildman–Crippen LogP) is 0.582. The summed E-state index contributed by atoms with van der Waals surface area (Å²) in [7, 11) is 0. The summed E-state index contributed by atoms with van der Waals surface area (Å²) in [5, 5.41) is 0. The van der Waals surface area contributed by atoms with Crippen LogP contribution in [0, 0.1) is 23.7 Å². The summed E-state index contributed by atoms with van der Waals surface area (Å²) in [5.41, 5.74) is 0. The number of rotatable bonds is 0. The minimum absolute atomic E-state index is 0.402. The predicted molar refractivity (Wildman–Crippen MR) is 59.2 cm³/mol. The van der Waals surface area contributed by atoms with Crippen LogP contribution in [0.4, 0.5) is 0 Å². The fourth-order valence-corrected chi connectivity index (χ4v) is 3.35. The summed E-state index contributed by atoms with van der Waals surface area (Å²) in [6.45, 7) is 0. The second-order valence-electron chi connectivity index (χ2n) is 5.41. The van der Waals surface area contributed by atoms with E-state index in [1.807, 2.05) is 0 Å². The summed E-state index contributed by atoms with van der Waals surface area (Å²) < 4.78 is 9.32. The van der Waals surface area contributed by atoms with Crippen molar-refractivity contribution in [1.29, 1.82) is 0 Å². The van der Waals surface area contributed by atoms with E-state index in [4.69, 9.17) is 0 Å². The van der Waals surface area contributed by atoms with Crippen LogP contribution in [0.3, 0.4) is 0 Å². The Morgan fingerprint density at radius 1 is 0.579 bits per heavy atom. The van der Waals surface area contributed by atoms with Gasteiger partial charge >= 0.3 is 23.9 Å². The average Bonchev–Trinajstić information content (AvgIpc) is 2.79. The molecule has 0 bridgehead atoms. The first-order valence-corrected chi connectivity index (χ1v) is 6.59. The molecule has 6 heteroatoms. The molecule has 6 nitrogen and oxygen atoms in total. The average molecular weight is 266 g/mol. The van der Waals surface area contributed by atoms with Crippen LogP contribution in [-0.2, 0) is 28.7 Å². The molecule has 3 rings (SSSR count). The summed E-state index contributed by atoms with van der Waals surface area (Å²) in [6.07, 6.45) is 2.48. The minimum atomic E-state index is -0.494. The molecule has 2 heterocycles. The number of fused-ring (bicyclic) bond motifs is 2. The van der Waals surface area contributed by atoms with Gasteiger partial charge in [-0.25, -0.2) is 0 Å². The van der Waals surface area contributed by atoms with Gasteiger partial charge in [0.25, 0.3) is 0 Å². The van der Waals surface area contributed by atoms with E-state index < -0.39 is 47.5 Å².